The minimum Gasteiger partial charge on any atom is -0.490 e. The molecule has 5 heteroatoms. The molecule has 0 unspecified atom stereocenters. The zero-order chi connectivity index (χ0) is 14.4. The topological polar surface area (TPSA) is 48.4 Å². The van der Waals surface area contributed by atoms with E-state index in [0.717, 1.165) is 12.5 Å². The van der Waals surface area contributed by atoms with Crippen LogP contribution in [-0.2, 0) is 6.61 Å². The number of aromatic nitrogens is 1. The molecular weight excluding hydrogens is 261 g/mol. The molecule has 2 aromatic rings. The van der Waals surface area contributed by atoms with Gasteiger partial charge in [-0.15, -0.1) is 0 Å². The first-order valence-corrected chi connectivity index (χ1v) is 6.17. The Hall–Kier alpha value is -2.43. The van der Waals surface area contributed by atoms with Gasteiger partial charge in [0.15, 0.2) is 11.5 Å². The second-order valence-corrected chi connectivity index (χ2v) is 4.06. The lowest BCUT2D eigenvalue weighted by Crippen LogP contribution is -2.01. The molecule has 0 saturated heterocycles. The van der Waals surface area contributed by atoms with E-state index in [1.807, 2.05) is 6.92 Å². The van der Waals surface area contributed by atoms with Crippen molar-refractivity contribution in [2.24, 2.45) is 0 Å². The van der Waals surface area contributed by atoms with E-state index < -0.39 is 5.82 Å². The van der Waals surface area contributed by atoms with Crippen LogP contribution in [0, 0.1) is 5.82 Å². The molecule has 20 heavy (non-hydrogen) atoms. The van der Waals surface area contributed by atoms with Gasteiger partial charge in [-0.05, 0) is 31.2 Å². The number of halogens is 1. The maximum absolute atomic E-state index is 13.0. The van der Waals surface area contributed by atoms with Gasteiger partial charge in [0, 0.05) is 17.3 Å². The molecule has 0 spiro atoms. The molecule has 0 radical (unpaired) electrons. The molecule has 0 aliphatic carbocycles. The van der Waals surface area contributed by atoms with Gasteiger partial charge >= 0.3 is 0 Å². The Bertz CT molecular complexity index is 601. The Morgan fingerprint density at radius 3 is 2.75 bits per heavy atom. The average molecular weight is 275 g/mol. The maximum atomic E-state index is 13.0. The van der Waals surface area contributed by atoms with Crippen LogP contribution in [0.3, 0.4) is 0 Å². The third-order valence-corrected chi connectivity index (χ3v) is 2.56. The number of ether oxygens (including phenoxy) is 2. The van der Waals surface area contributed by atoms with Crippen LogP contribution in [0.25, 0.3) is 0 Å². The molecule has 104 valence electrons. The molecular formula is C15H14FNO3. The highest BCUT2D eigenvalue weighted by atomic mass is 19.1. The van der Waals surface area contributed by atoms with Gasteiger partial charge in [0.05, 0.1) is 12.8 Å². The summed E-state index contributed by atoms with van der Waals surface area (Å²) in [6.45, 7) is 2.47. The maximum Gasteiger partial charge on any atom is 0.161 e. The SMILES string of the molecule is CCOc1cc(C=O)ccc1OCc1cncc(F)c1. The summed E-state index contributed by atoms with van der Waals surface area (Å²) in [5, 5.41) is 0. The number of hydrogen-bond donors (Lipinski definition) is 0. The molecule has 1 aromatic carbocycles. The second-order valence-electron chi connectivity index (χ2n) is 4.06. The number of pyridine rings is 1. The van der Waals surface area contributed by atoms with Crippen molar-refractivity contribution >= 4 is 6.29 Å². The van der Waals surface area contributed by atoms with Crippen molar-refractivity contribution in [1.82, 2.24) is 4.98 Å². The number of carbonyl (C=O) groups is 1. The summed E-state index contributed by atoms with van der Waals surface area (Å²) in [4.78, 5) is 14.5. The summed E-state index contributed by atoms with van der Waals surface area (Å²) < 4.78 is 24.0. The highest BCUT2D eigenvalue weighted by Gasteiger charge is 2.07. The summed E-state index contributed by atoms with van der Waals surface area (Å²) in [7, 11) is 0. The average Bonchev–Trinajstić information content (AvgIpc) is 2.46. The fourth-order valence-corrected chi connectivity index (χ4v) is 1.68. The molecule has 0 aliphatic heterocycles. The second kappa shape index (κ2) is 6.65. The fourth-order valence-electron chi connectivity index (χ4n) is 1.68. The third-order valence-electron chi connectivity index (χ3n) is 2.56. The minimum absolute atomic E-state index is 0.172. The minimum atomic E-state index is -0.410. The molecule has 0 fully saturated rings. The third kappa shape index (κ3) is 3.54. The summed E-state index contributed by atoms with van der Waals surface area (Å²) in [5.41, 5.74) is 1.13. The van der Waals surface area contributed by atoms with E-state index in [0.29, 0.717) is 29.2 Å². The molecule has 0 bridgehead atoms. The number of carbonyl (C=O) groups excluding carboxylic acids is 1. The Morgan fingerprint density at radius 1 is 1.20 bits per heavy atom. The van der Waals surface area contributed by atoms with E-state index >= 15 is 0 Å². The smallest absolute Gasteiger partial charge is 0.161 e. The van der Waals surface area contributed by atoms with Crippen molar-refractivity contribution in [3.8, 4) is 11.5 Å². The zero-order valence-electron chi connectivity index (χ0n) is 11.0. The molecule has 0 atom stereocenters. The molecule has 0 saturated carbocycles. The number of hydrogen-bond acceptors (Lipinski definition) is 4. The molecule has 0 aliphatic rings. The van der Waals surface area contributed by atoms with Crippen molar-refractivity contribution in [2.45, 2.75) is 13.5 Å². The van der Waals surface area contributed by atoms with Crippen molar-refractivity contribution in [3.63, 3.8) is 0 Å². The Labute approximate surface area is 116 Å². The first kappa shape index (κ1) is 14.0. The lowest BCUT2D eigenvalue weighted by molar-refractivity contribution is 0.112. The van der Waals surface area contributed by atoms with Crippen LogP contribution in [0.2, 0.25) is 0 Å². The first-order chi connectivity index (χ1) is 9.72. The predicted molar refractivity (Wildman–Crippen MR) is 71.5 cm³/mol. The number of benzene rings is 1. The first-order valence-electron chi connectivity index (χ1n) is 6.17. The predicted octanol–water partition coefficient (Wildman–Crippen LogP) is 3.01. The van der Waals surface area contributed by atoms with E-state index in [-0.39, 0.29) is 6.61 Å². The van der Waals surface area contributed by atoms with Gasteiger partial charge in [-0.2, -0.15) is 0 Å². The monoisotopic (exact) mass is 275 g/mol. The van der Waals surface area contributed by atoms with E-state index in [1.165, 1.54) is 12.3 Å². The van der Waals surface area contributed by atoms with Gasteiger partial charge in [-0.3, -0.25) is 9.78 Å². The Balaban J connectivity index is 2.14. The van der Waals surface area contributed by atoms with Gasteiger partial charge < -0.3 is 9.47 Å². The van der Waals surface area contributed by atoms with Crippen LogP contribution in [-0.4, -0.2) is 17.9 Å². The highest BCUT2D eigenvalue weighted by Crippen LogP contribution is 2.28. The number of rotatable bonds is 6. The Morgan fingerprint density at radius 2 is 2.05 bits per heavy atom. The quantitative estimate of drug-likeness (QED) is 0.760. The van der Waals surface area contributed by atoms with Crippen LogP contribution in [0.1, 0.15) is 22.8 Å². The number of aldehydes is 1. The van der Waals surface area contributed by atoms with Crippen molar-refractivity contribution in [2.75, 3.05) is 6.61 Å². The van der Waals surface area contributed by atoms with E-state index in [2.05, 4.69) is 4.98 Å². The molecule has 2 rings (SSSR count). The summed E-state index contributed by atoms with van der Waals surface area (Å²) in [5.74, 6) is 0.579. The molecule has 4 nitrogen and oxygen atoms in total. The van der Waals surface area contributed by atoms with Crippen molar-refractivity contribution in [1.29, 1.82) is 0 Å². The van der Waals surface area contributed by atoms with Crippen LogP contribution in [0.4, 0.5) is 4.39 Å². The van der Waals surface area contributed by atoms with Crippen LogP contribution < -0.4 is 9.47 Å². The van der Waals surface area contributed by atoms with E-state index in [9.17, 15) is 9.18 Å². The number of nitrogens with zero attached hydrogens (tertiary/aromatic N) is 1. The lowest BCUT2D eigenvalue weighted by Gasteiger charge is -2.12. The van der Waals surface area contributed by atoms with Gasteiger partial charge in [0.2, 0.25) is 0 Å². The summed E-state index contributed by atoms with van der Waals surface area (Å²) >= 11 is 0. The summed E-state index contributed by atoms with van der Waals surface area (Å²) in [6, 6.07) is 6.25. The van der Waals surface area contributed by atoms with Gasteiger partial charge in [-0.1, -0.05) is 0 Å². The van der Waals surface area contributed by atoms with E-state index in [1.54, 1.807) is 18.2 Å². The lowest BCUT2D eigenvalue weighted by atomic mass is 10.2. The van der Waals surface area contributed by atoms with Crippen LogP contribution >= 0.6 is 0 Å². The summed E-state index contributed by atoms with van der Waals surface area (Å²) in [6.07, 6.45) is 3.40. The normalized spacial score (nSPS) is 10.1. The molecule has 0 amide bonds. The van der Waals surface area contributed by atoms with Crippen molar-refractivity contribution in [3.05, 3.63) is 53.6 Å². The van der Waals surface area contributed by atoms with Gasteiger partial charge in [0.25, 0.3) is 0 Å². The fraction of sp³-hybridized carbons (Fsp3) is 0.200. The van der Waals surface area contributed by atoms with Crippen molar-refractivity contribution < 1.29 is 18.7 Å². The van der Waals surface area contributed by atoms with Crippen LogP contribution in [0.5, 0.6) is 11.5 Å². The Kier molecular flexibility index (Phi) is 4.65. The van der Waals surface area contributed by atoms with Crippen LogP contribution in [0.15, 0.2) is 36.7 Å². The molecule has 1 aromatic heterocycles. The van der Waals surface area contributed by atoms with Gasteiger partial charge in [0.1, 0.15) is 18.7 Å². The van der Waals surface area contributed by atoms with E-state index in [4.69, 9.17) is 9.47 Å². The largest absolute Gasteiger partial charge is 0.490 e. The standard InChI is InChI=1S/C15H14FNO3/c1-2-19-15-6-11(9-18)3-4-14(15)20-10-12-5-13(16)8-17-7-12/h3-9H,2,10H2,1H3. The van der Waals surface area contributed by atoms with Gasteiger partial charge in [-0.25, -0.2) is 4.39 Å². The molecule has 0 N–H and O–H groups in total. The zero-order valence-corrected chi connectivity index (χ0v) is 11.0. The highest BCUT2D eigenvalue weighted by molar-refractivity contribution is 5.76. The molecule has 1 heterocycles.